The molecule has 1 amide bonds. The Bertz CT molecular complexity index is 3450. The first-order chi connectivity index (χ1) is 38.4. The summed E-state index contributed by atoms with van der Waals surface area (Å²) >= 11 is 0. The first-order valence-electron chi connectivity index (χ1n) is 27.3. The van der Waals surface area contributed by atoms with Gasteiger partial charge in [0, 0.05) is 89.8 Å². The number of carbonyl (C=O) groups excluding carboxylic acids is 2. The van der Waals surface area contributed by atoms with E-state index < -0.39 is 10.9 Å². The molecular formula is C62H74N12O6. The lowest BCUT2D eigenvalue weighted by atomic mass is 9.87. The smallest absolute Gasteiger partial charge is 0.325 e. The third-order valence-corrected chi connectivity index (χ3v) is 15.0. The Labute approximate surface area is 467 Å². The number of aliphatic hydroxyl groups is 1. The Morgan fingerprint density at radius 2 is 1.12 bits per heavy atom. The van der Waals surface area contributed by atoms with Crippen molar-refractivity contribution >= 4 is 68.1 Å². The highest BCUT2D eigenvalue weighted by Crippen LogP contribution is 2.34. The lowest BCUT2D eigenvalue weighted by molar-refractivity contribution is -0.384. The number of aliphatic hydroxyl groups excluding tert-OH is 1. The van der Waals surface area contributed by atoms with Crippen LogP contribution in [-0.4, -0.2) is 131 Å². The van der Waals surface area contributed by atoms with Gasteiger partial charge in [0.05, 0.1) is 52.4 Å². The zero-order valence-corrected chi connectivity index (χ0v) is 47.2. The molecule has 18 nitrogen and oxygen atoms in total. The molecule has 6 aromatic carbocycles. The molecule has 0 saturated carbocycles. The number of nitrogens with one attached hydrogen (secondary N) is 5. The number of hydrogen-bond donors (Lipinski definition) is 6. The summed E-state index contributed by atoms with van der Waals surface area (Å²) in [7, 11) is 2.28. The van der Waals surface area contributed by atoms with E-state index in [1.54, 1.807) is 12.1 Å². The Morgan fingerprint density at radius 3 is 1.59 bits per heavy atom. The minimum atomic E-state index is -0.488. The Morgan fingerprint density at radius 1 is 0.650 bits per heavy atom. The summed E-state index contributed by atoms with van der Waals surface area (Å²) in [5, 5.41) is 27.4. The zero-order valence-electron chi connectivity index (χ0n) is 47.2. The highest BCUT2D eigenvalue weighted by molar-refractivity contribution is 6.00. The largest absolute Gasteiger partial charge is 0.468 e. The summed E-state index contributed by atoms with van der Waals surface area (Å²) in [6.45, 7) is 22.3. The summed E-state index contributed by atoms with van der Waals surface area (Å²) < 4.78 is 4.65. The van der Waals surface area contributed by atoms with Gasteiger partial charge in [-0.2, -0.15) is 0 Å². The summed E-state index contributed by atoms with van der Waals surface area (Å²) in [4.78, 5) is 60.8. The number of rotatable bonds is 12. The molecule has 2 fully saturated rings. The number of methoxy groups -OCH3 is 1. The Balaban J connectivity index is 0.000000189. The molecule has 418 valence electrons. The van der Waals surface area contributed by atoms with Crippen LogP contribution in [0.3, 0.4) is 0 Å². The van der Waals surface area contributed by atoms with Gasteiger partial charge in [0.2, 0.25) is 5.91 Å². The number of esters is 1. The molecule has 2 aromatic heterocycles. The van der Waals surface area contributed by atoms with Gasteiger partial charge in [-0.05, 0) is 75.5 Å². The fraction of sp³-hybridized carbons (Fsp3) is 0.355. The predicted molar refractivity (Wildman–Crippen MR) is 321 cm³/mol. The van der Waals surface area contributed by atoms with Crippen molar-refractivity contribution in [2.75, 3.05) is 105 Å². The van der Waals surface area contributed by atoms with Crippen LogP contribution in [0, 0.1) is 10.1 Å². The van der Waals surface area contributed by atoms with Crippen LogP contribution in [0.2, 0.25) is 0 Å². The number of fused-ring (bicyclic) bond motifs is 3. The highest BCUT2D eigenvalue weighted by Gasteiger charge is 2.25. The van der Waals surface area contributed by atoms with Crippen LogP contribution in [-0.2, 0) is 38.2 Å². The number of imidazole rings is 2. The zero-order chi connectivity index (χ0) is 56.7. The van der Waals surface area contributed by atoms with Crippen molar-refractivity contribution in [3.05, 3.63) is 154 Å². The molecule has 0 aliphatic carbocycles. The second-order valence-corrected chi connectivity index (χ2v) is 22.5. The number of H-pyrrole nitrogens is 2. The van der Waals surface area contributed by atoms with Crippen molar-refractivity contribution in [1.82, 2.24) is 29.7 Å². The molecule has 0 unspecified atom stereocenters. The maximum absolute atomic E-state index is 11.6. The molecule has 2 saturated heterocycles. The van der Waals surface area contributed by atoms with Gasteiger partial charge in [-0.25, -0.2) is 9.97 Å². The van der Waals surface area contributed by atoms with Gasteiger partial charge in [-0.15, -0.1) is 0 Å². The maximum Gasteiger partial charge on any atom is 0.325 e. The molecule has 0 atom stereocenters. The molecule has 0 bridgehead atoms. The second kappa shape index (κ2) is 24.4. The maximum atomic E-state index is 11.6. The lowest BCUT2D eigenvalue weighted by Crippen LogP contribution is -2.46. The van der Waals surface area contributed by atoms with Crippen LogP contribution in [0.5, 0.6) is 0 Å². The molecule has 8 aromatic rings. The molecule has 6 N–H and O–H groups in total. The number of aromatic amines is 2. The van der Waals surface area contributed by atoms with Crippen molar-refractivity contribution in [1.29, 1.82) is 0 Å². The summed E-state index contributed by atoms with van der Waals surface area (Å²) in [6.07, 6.45) is 0. The molecule has 3 aliphatic rings. The number of anilines is 5. The number of amides is 1. The normalized spacial score (nSPS) is 15.0. The van der Waals surface area contributed by atoms with Crippen LogP contribution in [0.4, 0.5) is 34.1 Å². The van der Waals surface area contributed by atoms with Gasteiger partial charge in [0.25, 0.3) is 5.69 Å². The van der Waals surface area contributed by atoms with Crippen LogP contribution in [0.25, 0.3) is 44.8 Å². The van der Waals surface area contributed by atoms with E-state index in [0.29, 0.717) is 18.8 Å². The van der Waals surface area contributed by atoms with E-state index in [9.17, 15) is 19.7 Å². The fourth-order valence-electron chi connectivity index (χ4n) is 10.4. The van der Waals surface area contributed by atoms with E-state index in [0.717, 1.165) is 133 Å². The summed E-state index contributed by atoms with van der Waals surface area (Å²) in [6, 6.07) is 41.3. The van der Waals surface area contributed by atoms with Crippen molar-refractivity contribution in [2.45, 2.75) is 65.5 Å². The minimum absolute atomic E-state index is 0.00821. The predicted octanol–water partition coefficient (Wildman–Crippen LogP) is 10.2. The van der Waals surface area contributed by atoms with E-state index in [-0.39, 0.29) is 29.0 Å². The van der Waals surface area contributed by atoms with Crippen LogP contribution in [0.1, 0.15) is 63.8 Å². The number of piperazine rings is 2. The number of hydrogen-bond acceptors (Lipinski definition) is 14. The van der Waals surface area contributed by atoms with Crippen molar-refractivity contribution in [3.63, 3.8) is 0 Å². The monoisotopic (exact) mass is 1080 g/mol. The van der Waals surface area contributed by atoms with Gasteiger partial charge in [0.15, 0.2) is 0 Å². The molecule has 0 spiro atoms. The number of nitrogens with zero attached hydrogens (tertiary/aromatic N) is 7. The van der Waals surface area contributed by atoms with E-state index in [2.05, 4.69) is 189 Å². The molecular weight excluding hydrogens is 1010 g/mol. The molecule has 80 heavy (non-hydrogen) atoms. The van der Waals surface area contributed by atoms with Gasteiger partial charge < -0.3 is 45.6 Å². The van der Waals surface area contributed by atoms with E-state index in [1.165, 1.54) is 35.6 Å². The number of carbonyl (C=O) groups is 2. The summed E-state index contributed by atoms with van der Waals surface area (Å²) in [5.41, 5.74) is 15.7. The number of aromatic nitrogens is 4. The summed E-state index contributed by atoms with van der Waals surface area (Å²) in [5.74, 6) is 1.30. The third-order valence-electron chi connectivity index (χ3n) is 15.0. The second-order valence-electron chi connectivity index (χ2n) is 22.5. The number of para-hydroxylation sites is 2. The van der Waals surface area contributed by atoms with Crippen molar-refractivity contribution in [2.24, 2.45) is 0 Å². The van der Waals surface area contributed by atoms with Crippen LogP contribution < -0.4 is 25.8 Å². The molecule has 18 heteroatoms. The first-order valence-corrected chi connectivity index (χ1v) is 27.3. The lowest BCUT2D eigenvalue weighted by Gasteiger charge is -2.36. The third kappa shape index (κ3) is 13.2. The SMILES string of the molecule is CC(C)(C)c1ccc(-c2nc3c(N4CCN(Cc5ccc6c(c5)NCC(=O)N6)CC4)cccc3[nH]2)cc1.CO.COC(=O)CNc1cc(CN2CCN(c3cccc4[nH]c(-c5ccc(C(C)(C)C)cc5)nc34)CC2)ccc1[N+](=O)[O-]. The topological polar surface area (TPSA) is 213 Å². The van der Waals surface area contributed by atoms with E-state index in [4.69, 9.17) is 15.1 Å². The molecule has 3 aliphatic heterocycles. The number of nitro groups is 1. The Kier molecular flexibility index (Phi) is 17.2. The van der Waals surface area contributed by atoms with Gasteiger partial charge >= 0.3 is 5.97 Å². The van der Waals surface area contributed by atoms with E-state index in [1.807, 2.05) is 6.07 Å². The quantitative estimate of drug-likeness (QED) is 0.0382. The number of benzene rings is 6. The first kappa shape index (κ1) is 56.4. The molecule has 0 radical (unpaired) electrons. The number of nitro benzene ring substituents is 1. The van der Waals surface area contributed by atoms with E-state index >= 15 is 0 Å². The van der Waals surface area contributed by atoms with Gasteiger partial charge in [0.1, 0.15) is 34.9 Å². The highest BCUT2D eigenvalue weighted by atomic mass is 16.6. The average molecular weight is 1080 g/mol. The van der Waals surface area contributed by atoms with Crippen molar-refractivity contribution < 1.29 is 24.4 Å². The Hall–Kier alpha value is -8.32. The number of ether oxygens (including phenoxy) is 1. The fourth-order valence-corrected chi connectivity index (χ4v) is 10.4. The standard InChI is InChI=1S/C31H36N6O4.C30H34N6O.CH4O/c1-31(2,3)23-11-9-22(10-12-23)30-33-24-6-5-7-27(29(24)34-30)36-16-14-35(15-17-36)20-21-8-13-26(37(39)40)25(18-21)32-19-28(38)41-4;1-30(2,3)22-10-8-21(9-11-22)29-33-24-5-4-6-26(28(24)34-29)36-15-13-35(14-16-36)19-20-7-12-23-25(17-20)31-18-27(37)32-23;1-2/h5-13,18,32H,14-17,19-20H2,1-4H3,(H,33,34);4-12,17,31H,13-16,18-19H2,1-3H3,(H,32,37)(H,33,34);2H,1H3. The average Bonchev–Trinajstić information content (AvgIpc) is 4.15. The molecule has 11 rings (SSSR count). The van der Waals surface area contributed by atoms with Gasteiger partial charge in [-0.1, -0.05) is 114 Å². The minimum Gasteiger partial charge on any atom is -0.468 e. The van der Waals surface area contributed by atoms with Crippen molar-refractivity contribution in [3.8, 4) is 22.8 Å². The van der Waals surface area contributed by atoms with Gasteiger partial charge in [-0.3, -0.25) is 29.5 Å². The van der Waals surface area contributed by atoms with Crippen LogP contribution >= 0.6 is 0 Å². The van der Waals surface area contributed by atoms with Crippen LogP contribution in [0.15, 0.2) is 121 Å². The molecule has 5 heterocycles.